The summed E-state index contributed by atoms with van der Waals surface area (Å²) in [6.07, 6.45) is 1.00. The Morgan fingerprint density at radius 2 is 1.95 bits per heavy atom. The predicted octanol–water partition coefficient (Wildman–Crippen LogP) is 3.50. The van der Waals surface area contributed by atoms with Crippen molar-refractivity contribution in [2.24, 2.45) is 0 Å². The smallest absolute Gasteiger partial charge is 0.193 e. The first kappa shape index (κ1) is 12.0. The first-order valence-corrected chi connectivity index (χ1v) is 6.64. The van der Waals surface area contributed by atoms with Crippen molar-refractivity contribution in [1.29, 1.82) is 0 Å². The van der Waals surface area contributed by atoms with Gasteiger partial charge in [0.05, 0.1) is 0 Å². The number of hydrogen-bond donors (Lipinski definition) is 1. The second-order valence-corrected chi connectivity index (χ2v) is 5.20. The van der Waals surface area contributed by atoms with Gasteiger partial charge in [0.2, 0.25) is 0 Å². The molecule has 0 fully saturated rings. The molecule has 2 heteroatoms. The lowest BCUT2D eigenvalue weighted by Crippen LogP contribution is -2.04. The summed E-state index contributed by atoms with van der Waals surface area (Å²) in [7, 11) is 0. The topological polar surface area (TPSA) is 29.1 Å². The van der Waals surface area contributed by atoms with Crippen molar-refractivity contribution in [3.05, 3.63) is 64.2 Å². The number of benzene rings is 2. The molecule has 0 saturated carbocycles. The van der Waals surface area contributed by atoms with Crippen molar-refractivity contribution in [3.63, 3.8) is 0 Å². The van der Waals surface area contributed by atoms with E-state index in [4.69, 9.17) is 0 Å². The number of carbonyl (C=O) groups excluding carboxylic acids is 1. The third-order valence-corrected chi connectivity index (χ3v) is 3.70. The SMILES string of the molecule is Cc1ccc(C(=O)c2ccc3c(c2)CCN3)c(C)c1. The minimum Gasteiger partial charge on any atom is -0.384 e. The quantitative estimate of drug-likeness (QED) is 0.828. The highest BCUT2D eigenvalue weighted by atomic mass is 16.1. The zero-order chi connectivity index (χ0) is 13.4. The zero-order valence-corrected chi connectivity index (χ0v) is 11.3. The molecule has 0 bridgehead atoms. The van der Waals surface area contributed by atoms with Crippen LogP contribution in [0.1, 0.15) is 32.6 Å². The number of carbonyl (C=O) groups is 1. The Bertz CT molecular complexity index is 658. The summed E-state index contributed by atoms with van der Waals surface area (Å²) in [6.45, 7) is 5.01. The van der Waals surface area contributed by atoms with Crippen molar-refractivity contribution < 1.29 is 4.79 Å². The minimum absolute atomic E-state index is 0.118. The molecule has 0 radical (unpaired) electrons. The molecule has 0 unspecified atom stereocenters. The molecule has 1 N–H and O–H groups in total. The lowest BCUT2D eigenvalue weighted by Gasteiger charge is -2.07. The Hall–Kier alpha value is -2.09. The number of nitrogens with one attached hydrogen (secondary N) is 1. The van der Waals surface area contributed by atoms with E-state index in [1.807, 2.05) is 44.2 Å². The Labute approximate surface area is 113 Å². The monoisotopic (exact) mass is 251 g/mol. The van der Waals surface area contributed by atoms with Crippen LogP contribution in [0.25, 0.3) is 0 Å². The molecule has 0 atom stereocenters. The fourth-order valence-corrected chi connectivity index (χ4v) is 2.67. The Morgan fingerprint density at radius 3 is 2.74 bits per heavy atom. The van der Waals surface area contributed by atoms with E-state index in [0.29, 0.717) is 0 Å². The summed E-state index contributed by atoms with van der Waals surface area (Å²) in [6, 6.07) is 11.9. The largest absolute Gasteiger partial charge is 0.384 e. The van der Waals surface area contributed by atoms with Crippen molar-refractivity contribution >= 4 is 11.5 Å². The summed E-state index contributed by atoms with van der Waals surface area (Å²) < 4.78 is 0. The maximum Gasteiger partial charge on any atom is 0.193 e. The van der Waals surface area contributed by atoms with E-state index in [1.165, 1.54) is 11.1 Å². The molecular weight excluding hydrogens is 234 g/mol. The molecule has 1 aliphatic heterocycles. The van der Waals surface area contributed by atoms with Gasteiger partial charge in [-0.2, -0.15) is 0 Å². The van der Waals surface area contributed by atoms with Gasteiger partial charge in [-0.25, -0.2) is 0 Å². The van der Waals surface area contributed by atoms with Crippen LogP contribution in [0.2, 0.25) is 0 Å². The highest BCUT2D eigenvalue weighted by Crippen LogP contribution is 2.25. The lowest BCUT2D eigenvalue weighted by atomic mass is 9.96. The summed E-state index contributed by atoms with van der Waals surface area (Å²) in [5.41, 5.74) is 6.23. The van der Waals surface area contributed by atoms with Crippen molar-refractivity contribution in [3.8, 4) is 0 Å². The number of anilines is 1. The molecule has 0 aromatic heterocycles. The summed E-state index contributed by atoms with van der Waals surface area (Å²) >= 11 is 0. The van der Waals surface area contributed by atoms with Crippen LogP contribution in [0.3, 0.4) is 0 Å². The maximum absolute atomic E-state index is 12.6. The van der Waals surface area contributed by atoms with E-state index in [1.54, 1.807) is 0 Å². The van der Waals surface area contributed by atoms with Gasteiger partial charge in [-0.1, -0.05) is 23.8 Å². The predicted molar refractivity (Wildman–Crippen MR) is 78.0 cm³/mol. The molecule has 3 rings (SSSR count). The molecule has 19 heavy (non-hydrogen) atoms. The molecule has 0 saturated heterocycles. The van der Waals surface area contributed by atoms with E-state index in [-0.39, 0.29) is 5.78 Å². The van der Waals surface area contributed by atoms with Gasteiger partial charge in [0.1, 0.15) is 0 Å². The maximum atomic E-state index is 12.6. The van der Waals surface area contributed by atoms with Crippen LogP contribution in [0.5, 0.6) is 0 Å². The summed E-state index contributed by atoms with van der Waals surface area (Å²) in [5, 5.41) is 3.31. The fourth-order valence-electron chi connectivity index (χ4n) is 2.67. The zero-order valence-electron chi connectivity index (χ0n) is 11.3. The molecule has 0 aliphatic carbocycles. The van der Waals surface area contributed by atoms with E-state index in [2.05, 4.69) is 11.4 Å². The number of rotatable bonds is 2. The highest BCUT2D eigenvalue weighted by molar-refractivity contribution is 6.10. The molecule has 1 aliphatic rings. The van der Waals surface area contributed by atoms with Gasteiger partial charge in [-0.05, 0) is 49.6 Å². The number of aryl methyl sites for hydroxylation is 2. The Kier molecular flexibility index (Phi) is 2.86. The first-order valence-electron chi connectivity index (χ1n) is 6.64. The average molecular weight is 251 g/mol. The van der Waals surface area contributed by atoms with Crippen LogP contribution in [-0.4, -0.2) is 12.3 Å². The molecule has 1 heterocycles. The van der Waals surface area contributed by atoms with Crippen LogP contribution in [0.15, 0.2) is 36.4 Å². The molecule has 2 aromatic carbocycles. The third-order valence-electron chi connectivity index (χ3n) is 3.70. The van der Waals surface area contributed by atoms with Crippen molar-refractivity contribution in [2.45, 2.75) is 20.3 Å². The normalized spacial score (nSPS) is 12.9. The van der Waals surface area contributed by atoms with Gasteiger partial charge in [0.25, 0.3) is 0 Å². The van der Waals surface area contributed by atoms with Crippen LogP contribution < -0.4 is 5.32 Å². The van der Waals surface area contributed by atoms with Crippen LogP contribution in [-0.2, 0) is 6.42 Å². The first-order chi connectivity index (χ1) is 9.15. The van der Waals surface area contributed by atoms with Gasteiger partial charge in [0, 0.05) is 23.4 Å². The summed E-state index contributed by atoms with van der Waals surface area (Å²) in [4.78, 5) is 12.6. The van der Waals surface area contributed by atoms with Crippen molar-refractivity contribution in [1.82, 2.24) is 0 Å². The van der Waals surface area contributed by atoms with Gasteiger partial charge in [-0.15, -0.1) is 0 Å². The number of ketones is 1. The lowest BCUT2D eigenvalue weighted by molar-refractivity contribution is 0.103. The Morgan fingerprint density at radius 1 is 1.11 bits per heavy atom. The Balaban J connectivity index is 2.00. The average Bonchev–Trinajstić information content (AvgIpc) is 2.85. The van der Waals surface area contributed by atoms with Crippen LogP contribution >= 0.6 is 0 Å². The highest BCUT2D eigenvalue weighted by Gasteiger charge is 2.15. The molecule has 2 nitrogen and oxygen atoms in total. The fraction of sp³-hybridized carbons (Fsp3) is 0.235. The number of hydrogen-bond acceptors (Lipinski definition) is 2. The minimum atomic E-state index is 0.118. The van der Waals surface area contributed by atoms with Gasteiger partial charge in [-0.3, -0.25) is 4.79 Å². The van der Waals surface area contributed by atoms with E-state index < -0.39 is 0 Å². The van der Waals surface area contributed by atoms with Gasteiger partial charge >= 0.3 is 0 Å². The van der Waals surface area contributed by atoms with Gasteiger partial charge < -0.3 is 5.32 Å². The molecule has 96 valence electrons. The second-order valence-electron chi connectivity index (χ2n) is 5.20. The van der Waals surface area contributed by atoms with E-state index in [9.17, 15) is 4.79 Å². The number of fused-ring (bicyclic) bond motifs is 1. The van der Waals surface area contributed by atoms with Crippen molar-refractivity contribution in [2.75, 3.05) is 11.9 Å². The second kappa shape index (κ2) is 4.54. The van der Waals surface area contributed by atoms with Gasteiger partial charge in [0.15, 0.2) is 5.78 Å². The molecular formula is C17H17NO. The van der Waals surface area contributed by atoms with E-state index >= 15 is 0 Å². The molecule has 2 aromatic rings. The van der Waals surface area contributed by atoms with E-state index in [0.717, 1.165) is 35.3 Å². The molecule has 0 spiro atoms. The summed E-state index contributed by atoms with van der Waals surface area (Å²) in [5.74, 6) is 0.118. The molecule has 0 amide bonds. The van der Waals surface area contributed by atoms with Crippen LogP contribution in [0, 0.1) is 13.8 Å². The standard InChI is InChI=1S/C17H17NO/c1-11-3-5-15(12(2)9-11)17(19)14-4-6-16-13(10-14)7-8-18-16/h3-6,9-10,18H,7-8H2,1-2H3. The van der Waals surface area contributed by atoms with Crippen LogP contribution in [0.4, 0.5) is 5.69 Å². The third kappa shape index (κ3) is 2.14.